The molecule has 0 amide bonds. The van der Waals surface area contributed by atoms with Crippen molar-refractivity contribution < 1.29 is 5.11 Å². The lowest BCUT2D eigenvalue weighted by molar-refractivity contribution is 0.186. The second-order valence-corrected chi connectivity index (χ2v) is 4.99. The van der Waals surface area contributed by atoms with Crippen LogP contribution in [0.4, 0.5) is 11.5 Å². The Hall–Kier alpha value is -2.69. The summed E-state index contributed by atoms with van der Waals surface area (Å²) in [7, 11) is 0. The third-order valence-corrected chi connectivity index (χ3v) is 3.37. The van der Waals surface area contributed by atoms with Gasteiger partial charge in [0.15, 0.2) is 0 Å². The van der Waals surface area contributed by atoms with Gasteiger partial charge >= 0.3 is 0 Å². The number of aliphatic hydroxyl groups excluding tert-OH is 1. The Kier molecular flexibility index (Phi) is 4.14. The number of anilines is 2. The van der Waals surface area contributed by atoms with Crippen LogP contribution in [-0.2, 0) is 0 Å². The Morgan fingerprint density at radius 2 is 1.68 bits per heavy atom. The van der Waals surface area contributed by atoms with Crippen LogP contribution >= 0.6 is 0 Å². The Labute approximate surface area is 129 Å². The van der Waals surface area contributed by atoms with Crippen LogP contribution in [0.3, 0.4) is 0 Å². The molecule has 0 saturated carbocycles. The molecule has 1 aromatic heterocycles. The molecule has 3 aromatic rings. The molecule has 0 aliphatic rings. The van der Waals surface area contributed by atoms with Gasteiger partial charge in [0, 0.05) is 11.9 Å². The van der Waals surface area contributed by atoms with E-state index in [0.29, 0.717) is 5.56 Å². The predicted molar refractivity (Wildman–Crippen MR) is 88.5 cm³/mol. The van der Waals surface area contributed by atoms with Crippen molar-refractivity contribution in [2.75, 3.05) is 5.32 Å². The highest BCUT2D eigenvalue weighted by Crippen LogP contribution is 2.24. The number of hydrogen-bond donors (Lipinski definition) is 3. The highest BCUT2D eigenvalue weighted by atomic mass is 16.3. The van der Waals surface area contributed by atoms with Crippen LogP contribution in [-0.4, -0.2) is 10.1 Å². The quantitative estimate of drug-likeness (QED) is 0.644. The molecule has 0 aliphatic carbocycles. The van der Waals surface area contributed by atoms with Gasteiger partial charge in [0.2, 0.25) is 0 Å². The maximum Gasteiger partial charge on any atom is 0.130 e. The van der Waals surface area contributed by atoms with Gasteiger partial charge in [0.1, 0.15) is 12.0 Å². The van der Waals surface area contributed by atoms with Crippen LogP contribution in [0.15, 0.2) is 72.9 Å². The summed E-state index contributed by atoms with van der Waals surface area (Å²) in [5, 5.41) is 12.8. The van der Waals surface area contributed by atoms with Crippen LogP contribution in [0.5, 0.6) is 0 Å². The van der Waals surface area contributed by atoms with E-state index in [1.165, 1.54) is 0 Å². The number of rotatable bonds is 4. The van der Waals surface area contributed by atoms with Gasteiger partial charge in [-0.05, 0) is 47.0 Å². The molecule has 4 heteroatoms. The number of aromatic nitrogens is 1. The largest absolute Gasteiger partial charge is 0.375 e. The third kappa shape index (κ3) is 3.31. The SMILES string of the molecule is NC(O)c1cccc(-c2ccnc(Nc3ccccc3)c2)c1. The number of hydrogen-bond acceptors (Lipinski definition) is 4. The lowest BCUT2D eigenvalue weighted by atomic mass is 10.0. The maximum atomic E-state index is 9.50. The molecule has 1 unspecified atom stereocenters. The Bertz CT molecular complexity index is 757. The Morgan fingerprint density at radius 1 is 0.909 bits per heavy atom. The average molecular weight is 291 g/mol. The standard InChI is InChI=1S/C18H17N3O/c19-18(22)15-6-4-5-13(11-15)14-9-10-20-17(12-14)21-16-7-2-1-3-8-16/h1-12,18,22H,19H2,(H,20,21). The van der Waals surface area contributed by atoms with Crippen molar-refractivity contribution in [2.24, 2.45) is 5.73 Å². The molecule has 0 spiro atoms. The highest BCUT2D eigenvalue weighted by molar-refractivity contribution is 5.69. The van der Waals surface area contributed by atoms with Crippen LogP contribution in [0.2, 0.25) is 0 Å². The van der Waals surface area contributed by atoms with E-state index in [0.717, 1.165) is 22.6 Å². The average Bonchev–Trinajstić information content (AvgIpc) is 2.56. The first kappa shape index (κ1) is 14.3. The molecule has 0 saturated heterocycles. The summed E-state index contributed by atoms with van der Waals surface area (Å²) in [6.07, 6.45) is 0.787. The fraction of sp³-hybridized carbons (Fsp3) is 0.0556. The molecular formula is C18H17N3O. The molecule has 1 atom stereocenters. The van der Waals surface area contributed by atoms with Crippen LogP contribution in [0.25, 0.3) is 11.1 Å². The number of nitrogens with two attached hydrogens (primary N) is 1. The molecule has 110 valence electrons. The van der Waals surface area contributed by atoms with E-state index >= 15 is 0 Å². The number of pyridine rings is 1. The van der Waals surface area contributed by atoms with Crippen molar-refractivity contribution in [2.45, 2.75) is 6.23 Å². The molecule has 2 aromatic carbocycles. The van der Waals surface area contributed by atoms with Gasteiger partial charge in [-0.3, -0.25) is 0 Å². The van der Waals surface area contributed by atoms with E-state index in [1.807, 2.05) is 60.7 Å². The van der Waals surface area contributed by atoms with Crippen molar-refractivity contribution in [3.8, 4) is 11.1 Å². The lowest BCUT2D eigenvalue weighted by Gasteiger charge is -2.10. The lowest BCUT2D eigenvalue weighted by Crippen LogP contribution is -2.08. The van der Waals surface area contributed by atoms with E-state index in [9.17, 15) is 5.11 Å². The first-order valence-electron chi connectivity index (χ1n) is 7.04. The summed E-state index contributed by atoms with van der Waals surface area (Å²) < 4.78 is 0. The molecule has 4 nitrogen and oxygen atoms in total. The first-order chi connectivity index (χ1) is 10.7. The van der Waals surface area contributed by atoms with Gasteiger partial charge in [-0.25, -0.2) is 4.98 Å². The number of aliphatic hydroxyl groups is 1. The Morgan fingerprint density at radius 3 is 2.45 bits per heavy atom. The van der Waals surface area contributed by atoms with Crippen molar-refractivity contribution in [1.82, 2.24) is 4.98 Å². The van der Waals surface area contributed by atoms with E-state index in [4.69, 9.17) is 5.73 Å². The van der Waals surface area contributed by atoms with Crippen molar-refractivity contribution >= 4 is 11.5 Å². The topological polar surface area (TPSA) is 71.2 Å². The molecule has 1 heterocycles. The van der Waals surface area contributed by atoms with Crippen molar-refractivity contribution in [3.63, 3.8) is 0 Å². The summed E-state index contributed by atoms with van der Waals surface area (Å²) in [6, 6.07) is 21.3. The second-order valence-electron chi connectivity index (χ2n) is 4.99. The third-order valence-electron chi connectivity index (χ3n) is 3.37. The zero-order valence-corrected chi connectivity index (χ0v) is 12.0. The summed E-state index contributed by atoms with van der Waals surface area (Å²) in [5.41, 5.74) is 9.19. The van der Waals surface area contributed by atoms with Gasteiger partial charge in [-0.15, -0.1) is 0 Å². The molecule has 0 aliphatic heterocycles. The fourth-order valence-corrected chi connectivity index (χ4v) is 2.25. The molecule has 0 fully saturated rings. The zero-order chi connectivity index (χ0) is 15.4. The van der Waals surface area contributed by atoms with Gasteiger partial charge < -0.3 is 16.2 Å². The predicted octanol–water partition coefficient (Wildman–Crippen LogP) is 3.44. The number of nitrogens with one attached hydrogen (secondary N) is 1. The molecule has 3 rings (SSSR count). The number of para-hydroxylation sites is 1. The minimum atomic E-state index is -0.969. The normalized spacial score (nSPS) is 11.9. The van der Waals surface area contributed by atoms with Crippen LogP contribution < -0.4 is 11.1 Å². The van der Waals surface area contributed by atoms with Gasteiger partial charge in [-0.2, -0.15) is 0 Å². The van der Waals surface area contributed by atoms with Gasteiger partial charge in [0.25, 0.3) is 0 Å². The maximum absolute atomic E-state index is 9.50. The minimum absolute atomic E-state index is 0.687. The minimum Gasteiger partial charge on any atom is -0.375 e. The summed E-state index contributed by atoms with van der Waals surface area (Å²) in [6.45, 7) is 0. The fourth-order valence-electron chi connectivity index (χ4n) is 2.25. The van der Waals surface area contributed by atoms with E-state index < -0.39 is 6.23 Å². The number of benzene rings is 2. The smallest absolute Gasteiger partial charge is 0.130 e. The van der Waals surface area contributed by atoms with Crippen molar-refractivity contribution in [3.05, 3.63) is 78.5 Å². The molecule has 0 bridgehead atoms. The summed E-state index contributed by atoms with van der Waals surface area (Å²) >= 11 is 0. The molecule has 0 radical (unpaired) electrons. The van der Waals surface area contributed by atoms with Crippen molar-refractivity contribution in [1.29, 1.82) is 0 Å². The van der Waals surface area contributed by atoms with E-state index in [1.54, 1.807) is 12.3 Å². The van der Waals surface area contributed by atoms with Crippen LogP contribution in [0, 0.1) is 0 Å². The summed E-state index contributed by atoms with van der Waals surface area (Å²) in [5.74, 6) is 0.766. The second kappa shape index (κ2) is 6.39. The highest BCUT2D eigenvalue weighted by Gasteiger charge is 2.05. The van der Waals surface area contributed by atoms with Gasteiger partial charge in [-0.1, -0.05) is 36.4 Å². The number of nitrogens with zero attached hydrogens (tertiary/aromatic N) is 1. The van der Waals surface area contributed by atoms with E-state index in [-0.39, 0.29) is 0 Å². The molecular weight excluding hydrogens is 274 g/mol. The Balaban J connectivity index is 1.89. The monoisotopic (exact) mass is 291 g/mol. The first-order valence-corrected chi connectivity index (χ1v) is 7.04. The van der Waals surface area contributed by atoms with E-state index in [2.05, 4.69) is 10.3 Å². The zero-order valence-electron chi connectivity index (χ0n) is 12.0. The van der Waals surface area contributed by atoms with Crippen LogP contribution in [0.1, 0.15) is 11.8 Å². The van der Waals surface area contributed by atoms with Gasteiger partial charge in [0.05, 0.1) is 0 Å². The molecule has 22 heavy (non-hydrogen) atoms. The summed E-state index contributed by atoms with van der Waals surface area (Å²) in [4.78, 5) is 4.33. The molecule has 4 N–H and O–H groups in total.